The number of hydrogen-bond donors (Lipinski definition) is 2. The van der Waals surface area contributed by atoms with Crippen molar-refractivity contribution in [2.24, 2.45) is 5.10 Å². The topological polar surface area (TPSA) is 94.9 Å². The lowest BCUT2D eigenvalue weighted by Crippen LogP contribution is -2.22. The van der Waals surface area contributed by atoms with Crippen LogP contribution in [0.4, 0.5) is 5.13 Å². The van der Waals surface area contributed by atoms with Crippen LogP contribution in [-0.4, -0.2) is 43.1 Å². The van der Waals surface area contributed by atoms with Crippen LogP contribution >= 0.6 is 11.3 Å². The molecule has 3 rings (SSSR count). The highest BCUT2D eigenvalue weighted by molar-refractivity contribution is 7.89. The number of hydrogen-bond acceptors (Lipinski definition) is 7. The van der Waals surface area contributed by atoms with Crippen molar-refractivity contribution in [3.05, 3.63) is 59.5 Å². The van der Waals surface area contributed by atoms with Gasteiger partial charge in [0.2, 0.25) is 15.2 Å². The average molecular weight is 403 g/mol. The maximum absolute atomic E-state index is 12.1. The van der Waals surface area contributed by atoms with Gasteiger partial charge in [-0.15, -0.1) is 11.3 Å². The highest BCUT2D eigenvalue weighted by atomic mass is 32.2. The lowest BCUT2D eigenvalue weighted by Gasteiger charge is -2.11. The summed E-state index contributed by atoms with van der Waals surface area (Å²) in [5.41, 5.74) is 5.25. The minimum absolute atomic E-state index is 0.203. The van der Waals surface area contributed by atoms with E-state index in [-0.39, 0.29) is 10.6 Å². The van der Waals surface area contributed by atoms with E-state index in [0.29, 0.717) is 5.13 Å². The third-order valence-electron chi connectivity index (χ3n) is 3.70. The van der Waals surface area contributed by atoms with Gasteiger partial charge >= 0.3 is 0 Å². The summed E-state index contributed by atoms with van der Waals surface area (Å²) in [7, 11) is -0.443. The van der Waals surface area contributed by atoms with Crippen molar-refractivity contribution in [3.63, 3.8) is 0 Å². The number of sulfonamides is 1. The number of hydrazone groups is 1. The fraction of sp³-hybridized carbons (Fsp3) is 0.111. The summed E-state index contributed by atoms with van der Waals surface area (Å²) < 4.78 is 25.4. The van der Waals surface area contributed by atoms with Crippen LogP contribution in [0.1, 0.15) is 5.56 Å². The first kappa shape index (κ1) is 19.0. The Morgan fingerprint density at radius 1 is 1.11 bits per heavy atom. The van der Waals surface area contributed by atoms with E-state index in [2.05, 4.69) is 15.5 Å². The van der Waals surface area contributed by atoms with Crippen LogP contribution in [0, 0.1) is 0 Å². The van der Waals surface area contributed by atoms with Gasteiger partial charge in [0, 0.05) is 25.0 Å². The van der Waals surface area contributed by atoms with E-state index in [1.807, 2.05) is 5.38 Å². The molecule has 0 radical (unpaired) electrons. The minimum Gasteiger partial charge on any atom is -0.508 e. The highest BCUT2D eigenvalue weighted by Gasteiger charge is 2.17. The highest BCUT2D eigenvalue weighted by Crippen LogP contribution is 2.26. The van der Waals surface area contributed by atoms with E-state index in [4.69, 9.17) is 0 Å². The lowest BCUT2D eigenvalue weighted by molar-refractivity contribution is 0.475. The Kier molecular flexibility index (Phi) is 5.54. The summed E-state index contributed by atoms with van der Waals surface area (Å²) >= 11 is 1.39. The Bertz CT molecular complexity index is 1040. The van der Waals surface area contributed by atoms with Crippen LogP contribution in [0.3, 0.4) is 0 Å². The molecule has 3 aromatic rings. The van der Waals surface area contributed by atoms with E-state index in [1.165, 1.54) is 29.7 Å². The molecule has 0 atom stereocenters. The van der Waals surface area contributed by atoms with E-state index < -0.39 is 10.0 Å². The number of anilines is 1. The molecular weight excluding hydrogens is 384 g/mol. The number of phenols is 1. The van der Waals surface area contributed by atoms with Crippen molar-refractivity contribution in [1.82, 2.24) is 9.29 Å². The number of thiazole rings is 1. The number of rotatable bonds is 6. The molecule has 0 fully saturated rings. The number of nitrogens with one attached hydrogen (secondary N) is 1. The van der Waals surface area contributed by atoms with Crippen molar-refractivity contribution in [3.8, 4) is 17.0 Å². The van der Waals surface area contributed by atoms with Gasteiger partial charge < -0.3 is 5.11 Å². The number of benzene rings is 2. The SMILES string of the molecule is CN(C)S(=O)(=O)c1ccc(-c2csc(N/N=C/c3ccc(O)cc3)n2)cc1. The predicted octanol–water partition coefficient (Wildman–Crippen LogP) is 3.21. The summed E-state index contributed by atoms with van der Waals surface area (Å²) in [6, 6.07) is 13.3. The van der Waals surface area contributed by atoms with Gasteiger partial charge in [-0.1, -0.05) is 12.1 Å². The Balaban J connectivity index is 1.69. The quantitative estimate of drug-likeness (QED) is 0.488. The Hall–Kier alpha value is -2.75. The molecule has 7 nitrogen and oxygen atoms in total. The molecule has 0 unspecified atom stereocenters. The zero-order valence-electron chi connectivity index (χ0n) is 14.7. The summed E-state index contributed by atoms with van der Waals surface area (Å²) in [5, 5.41) is 15.9. The molecule has 140 valence electrons. The van der Waals surface area contributed by atoms with E-state index in [9.17, 15) is 13.5 Å². The average Bonchev–Trinajstić information content (AvgIpc) is 3.12. The van der Waals surface area contributed by atoms with Crippen molar-refractivity contribution in [2.45, 2.75) is 4.90 Å². The smallest absolute Gasteiger partial charge is 0.242 e. The molecule has 0 aliphatic heterocycles. The minimum atomic E-state index is -3.44. The normalized spacial score (nSPS) is 12.0. The van der Waals surface area contributed by atoms with E-state index in [0.717, 1.165) is 16.8 Å². The standard InChI is InChI=1S/C18H18N4O3S2/c1-22(2)27(24,25)16-9-5-14(6-10-16)17-12-26-18(20-17)21-19-11-13-3-7-15(23)8-4-13/h3-12,23H,1-2H3,(H,20,21)/b19-11+. The molecule has 0 saturated heterocycles. The van der Waals surface area contributed by atoms with Crippen LogP contribution in [0.5, 0.6) is 5.75 Å². The van der Waals surface area contributed by atoms with Crippen molar-refractivity contribution >= 4 is 32.7 Å². The molecule has 2 aromatic carbocycles. The molecule has 0 bridgehead atoms. The van der Waals surface area contributed by atoms with Gasteiger partial charge in [-0.2, -0.15) is 5.10 Å². The number of aromatic nitrogens is 1. The van der Waals surface area contributed by atoms with Gasteiger partial charge in [-0.25, -0.2) is 17.7 Å². The molecule has 9 heteroatoms. The van der Waals surface area contributed by atoms with E-state index >= 15 is 0 Å². The summed E-state index contributed by atoms with van der Waals surface area (Å²) in [4.78, 5) is 4.69. The number of phenolic OH excluding ortho intramolecular Hbond substituents is 1. The van der Waals surface area contributed by atoms with Gasteiger partial charge in [0.25, 0.3) is 0 Å². The molecular formula is C18H18N4O3S2. The number of aromatic hydroxyl groups is 1. The maximum atomic E-state index is 12.1. The Labute approximate surface area is 161 Å². The van der Waals surface area contributed by atoms with Crippen LogP contribution in [-0.2, 0) is 10.0 Å². The van der Waals surface area contributed by atoms with Crippen LogP contribution in [0.25, 0.3) is 11.3 Å². The Morgan fingerprint density at radius 2 is 1.78 bits per heavy atom. The maximum Gasteiger partial charge on any atom is 0.242 e. The fourth-order valence-corrected chi connectivity index (χ4v) is 3.76. The van der Waals surface area contributed by atoms with Crippen LogP contribution in [0.15, 0.2) is 63.9 Å². The van der Waals surface area contributed by atoms with Crippen molar-refractivity contribution in [2.75, 3.05) is 19.5 Å². The monoisotopic (exact) mass is 402 g/mol. The second kappa shape index (κ2) is 7.87. The molecule has 2 N–H and O–H groups in total. The van der Waals surface area contributed by atoms with Gasteiger partial charge in [-0.05, 0) is 42.0 Å². The van der Waals surface area contributed by atoms with E-state index in [1.54, 1.807) is 54.7 Å². The molecule has 0 amide bonds. The lowest BCUT2D eigenvalue weighted by atomic mass is 10.2. The first-order valence-electron chi connectivity index (χ1n) is 7.93. The second-order valence-electron chi connectivity index (χ2n) is 5.81. The predicted molar refractivity (Wildman–Crippen MR) is 108 cm³/mol. The molecule has 1 heterocycles. The van der Waals surface area contributed by atoms with Crippen molar-refractivity contribution in [1.29, 1.82) is 0 Å². The molecule has 0 spiro atoms. The molecule has 0 aliphatic rings. The van der Waals surface area contributed by atoms with Crippen molar-refractivity contribution < 1.29 is 13.5 Å². The van der Waals surface area contributed by atoms with Gasteiger partial charge in [0.05, 0.1) is 16.8 Å². The molecule has 0 aliphatic carbocycles. The third kappa shape index (κ3) is 4.51. The molecule has 1 aromatic heterocycles. The Morgan fingerprint density at radius 3 is 2.41 bits per heavy atom. The second-order valence-corrected chi connectivity index (χ2v) is 8.82. The number of nitrogens with zero attached hydrogens (tertiary/aromatic N) is 3. The van der Waals surface area contributed by atoms with Crippen LogP contribution < -0.4 is 5.43 Å². The van der Waals surface area contributed by atoms with Crippen LogP contribution in [0.2, 0.25) is 0 Å². The third-order valence-corrected chi connectivity index (χ3v) is 6.28. The van der Waals surface area contributed by atoms with Gasteiger partial charge in [-0.3, -0.25) is 5.43 Å². The molecule has 27 heavy (non-hydrogen) atoms. The zero-order chi connectivity index (χ0) is 19.4. The summed E-state index contributed by atoms with van der Waals surface area (Å²) in [6.45, 7) is 0. The zero-order valence-corrected chi connectivity index (χ0v) is 16.3. The van der Waals surface area contributed by atoms with Gasteiger partial charge in [0.15, 0.2) is 0 Å². The largest absolute Gasteiger partial charge is 0.508 e. The summed E-state index contributed by atoms with van der Waals surface area (Å²) in [6.07, 6.45) is 1.63. The van der Waals surface area contributed by atoms with Gasteiger partial charge in [0.1, 0.15) is 5.75 Å². The first-order chi connectivity index (χ1) is 12.9. The first-order valence-corrected chi connectivity index (χ1v) is 10.2. The summed E-state index contributed by atoms with van der Waals surface area (Å²) in [5.74, 6) is 0.203. The fourth-order valence-electron chi connectivity index (χ4n) is 2.19. The molecule has 0 saturated carbocycles.